The molecule has 5 heteroatoms. The van der Waals surface area contributed by atoms with Gasteiger partial charge in [-0.2, -0.15) is 0 Å². The van der Waals surface area contributed by atoms with Crippen LogP contribution >= 0.6 is 11.6 Å². The molecule has 0 N–H and O–H groups in total. The van der Waals surface area contributed by atoms with Crippen molar-refractivity contribution in [3.63, 3.8) is 0 Å². The molecule has 0 saturated carbocycles. The highest BCUT2D eigenvalue weighted by Crippen LogP contribution is 2.05. The lowest BCUT2D eigenvalue weighted by Crippen LogP contribution is -2.35. The van der Waals surface area contributed by atoms with Gasteiger partial charge < -0.3 is 9.80 Å². The maximum absolute atomic E-state index is 5.72. The first-order chi connectivity index (χ1) is 7.63. The first-order valence-corrected chi connectivity index (χ1v) is 5.80. The van der Waals surface area contributed by atoms with E-state index in [4.69, 9.17) is 11.6 Å². The monoisotopic (exact) mass is 242 g/mol. The second-order valence-corrected chi connectivity index (χ2v) is 4.31. The molecule has 0 amide bonds. The quantitative estimate of drug-likeness (QED) is 0.417. The molecule has 1 fully saturated rings. The van der Waals surface area contributed by atoms with E-state index in [9.17, 15) is 0 Å². The zero-order valence-electron chi connectivity index (χ0n) is 9.99. The van der Waals surface area contributed by atoms with Gasteiger partial charge in [-0.25, -0.2) is 4.99 Å². The highest BCUT2D eigenvalue weighted by Gasteiger charge is 2.14. The van der Waals surface area contributed by atoms with E-state index in [1.807, 2.05) is 0 Å². The van der Waals surface area contributed by atoms with E-state index in [1.165, 1.54) is 0 Å². The van der Waals surface area contributed by atoms with Crippen molar-refractivity contribution in [2.24, 2.45) is 9.98 Å². The predicted molar refractivity (Wildman–Crippen MR) is 70.5 cm³/mol. The van der Waals surface area contributed by atoms with E-state index in [2.05, 4.69) is 33.4 Å². The Bertz CT molecular complexity index is 298. The largest absolute Gasteiger partial charge is 0.354 e. The van der Waals surface area contributed by atoms with Crippen LogP contribution in [-0.4, -0.2) is 62.1 Å². The molecule has 0 aromatic heterocycles. The Labute approximate surface area is 102 Å². The maximum atomic E-state index is 5.72. The minimum absolute atomic E-state index is 0.299. The fourth-order valence-electron chi connectivity index (χ4n) is 1.70. The highest BCUT2D eigenvalue weighted by atomic mass is 35.5. The summed E-state index contributed by atoms with van der Waals surface area (Å²) in [5, 5.41) is 0.299. The van der Waals surface area contributed by atoms with Crippen molar-refractivity contribution in [1.29, 1.82) is 0 Å². The third-order valence-electron chi connectivity index (χ3n) is 2.52. The summed E-state index contributed by atoms with van der Waals surface area (Å²) >= 11 is 5.72. The molecule has 0 aromatic carbocycles. The van der Waals surface area contributed by atoms with Crippen LogP contribution in [0.2, 0.25) is 0 Å². The van der Waals surface area contributed by atoms with Gasteiger partial charge in [0.25, 0.3) is 0 Å². The minimum Gasteiger partial charge on any atom is -0.354 e. The molecule has 16 heavy (non-hydrogen) atoms. The van der Waals surface area contributed by atoms with E-state index >= 15 is 0 Å². The van der Waals surface area contributed by atoms with Crippen LogP contribution in [0, 0.1) is 0 Å². The smallest absolute Gasteiger partial charge is 0.148 e. The normalized spacial score (nSPS) is 20.2. The summed E-state index contributed by atoms with van der Waals surface area (Å²) in [6.45, 7) is 7.68. The molecular weight excluding hydrogens is 224 g/mol. The van der Waals surface area contributed by atoms with Crippen molar-refractivity contribution in [3.8, 4) is 0 Å². The van der Waals surface area contributed by atoms with Gasteiger partial charge in [-0.1, -0.05) is 18.2 Å². The van der Waals surface area contributed by atoms with Gasteiger partial charge in [0.05, 0.1) is 6.21 Å². The lowest BCUT2D eigenvalue weighted by Gasteiger charge is -2.21. The SMILES string of the molecule is C=C(Cl)N=C(C=NC)N1CCCN(C)CC1. The molecule has 0 radical (unpaired) electrons. The molecule has 1 saturated heterocycles. The van der Waals surface area contributed by atoms with E-state index < -0.39 is 0 Å². The van der Waals surface area contributed by atoms with Gasteiger partial charge in [0, 0.05) is 26.7 Å². The number of hydrogen-bond acceptors (Lipinski definition) is 3. The second-order valence-electron chi connectivity index (χ2n) is 3.88. The van der Waals surface area contributed by atoms with Crippen LogP contribution < -0.4 is 0 Å². The molecule has 0 atom stereocenters. The standard InChI is InChI=1S/C11H19ClN4/c1-10(12)14-11(9-13-2)16-6-4-5-15(3)7-8-16/h9H,1,4-8H2,2-3H3. The molecule has 0 aromatic rings. The van der Waals surface area contributed by atoms with E-state index in [1.54, 1.807) is 13.3 Å². The first-order valence-electron chi connectivity index (χ1n) is 5.42. The second kappa shape index (κ2) is 6.66. The van der Waals surface area contributed by atoms with Crippen molar-refractivity contribution in [2.75, 3.05) is 40.3 Å². The summed E-state index contributed by atoms with van der Waals surface area (Å²) in [6.07, 6.45) is 2.86. The molecule has 1 heterocycles. The Morgan fingerprint density at radius 3 is 2.69 bits per heavy atom. The number of hydrogen-bond donors (Lipinski definition) is 0. The van der Waals surface area contributed by atoms with Crippen LogP contribution in [0.4, 0.5) is 0 Å². The number of halogens is 1. The van der Waals surface area contributed by atoms with E-state index in [0.29, 0.717) is 5.16 Å². The van der Waals surface area contributed by atoms with Crippen molar-refractivity contribution in [3.05, 3.63) is 11.7 Å². The molecule has 1 aliphatic rings. The molecule has 1 aliphatic heterocycles. The van der Waals surface area contributed by atoms with Crippen LogP contribution in [0.5, 0.6) is 0 Å². The van der Waals surface area contributed by atoms with E-state index in [0.717, 1.165) is 38.4 Å². The van der Waals surface area contributed by atoms with Gasteiger partial charge in [-0.3, -0.25) is 4.99 Å². The zero-order chi connectivity index (χ0) is 12.0. The summed E-state index contributed by atoms with van der Waals surface area (Å²) in [5.74, 6) is 0.804. The van der Waals surface area contributed by atoms with Crippen LogP contribution in [0.15, 0.2) is 21.7 Å². The molecule has 1 rings (SSSR count). The van der Waals surface area contributed by atoms with Gasteiger partial charge >= 0.3 is 0 Å². The average Bonchev–Trinajstić information content (AvgIpc) is 2.42. The Kier molecular flexibility index (Phi) is 5.49. The van der Waals surface area contributed by atoms with Crippen LogP contribution in [0.25, 0.3) is 0 Å². The van der Waals surface area contributed by atoms with Crippen LogP contribution in [0.3, 0.4) is 0 Å². The topological polar surface area (TPSA) is 31.2 Å². The molecule has 90 valence electrons. The Balaban J connectivity index is 2.74. The maximum Gasteiger partial charge on any atom is 0.148 e. The summed E-state index contributed by atoms with van der Waals surface area (Å²) in [4.78, 5) is 12.7. The molecule has 0 unspecified atom stereocenters. The van der Waals surface area contributed by atoms with Gasteiger partial charge in [0.1, 0.15) is 11.0 Å². The minimum atomic E-state index is 0.299. The number of aliphatic imine (C=N–C) groups is 2. The van der Waals surface area contributed by atoms with Gasteiger partial charge in [0.15, 0.2) is 0 Å². The Morgan fingerprint density at radius 1 is 1.31 bits per heavy atom. The van der Waals surface area contributed by atoms with Crippen LogP contribution in [-0.2, 0) is 0 Å². The number of rotatable bonds is 2. The summed E-state index contributed by atoms with van der Waals surface area (Å²) in [6, 6.07) is 0. The fraction of sp³-hybridized carbons (Fsp3) is 0.636. The fourth-order valence-corrected chi connectivity index (χ4v) is 1.78. The molecule has 4 nitrogen and oxygen atoms in total. The Morgan fingerprint density at radius 2 is 2.06 bits per heavy atom. The Hall–Kier alpha value is -0.870. The summed E-state index contributed by atoms with van der Waals surface area (Å²) in [7, 11) is 3.87. The van der Waals surface area contributed by atoms with Gasteiger partial charge in [-0.15, -0.1) is 0 Å². The lowest BCUT2D eigenvalue weighted by atomic mass is 10.4. The van der Waals surface area contributed by atoms with Crippen molar-refractivity contribution >= 4 is 23.7 Å². The lowest BCUT2D eigenvalue weighted by molar-refractivity contribution is 0.347. The number of amidine groups is 1. The zero-order valence-corrected chi connectivity index (χ0v) is 10.7. The summed E-state index contributed by atoms with van der Waals surface area (Å²) < 4.78 is 0. The molecule has 0 spiro atoms. The van der Waals surface area contributed by atoms with E-state index in [-0.39, 0.29) is 0 Å². The number of nitrogens with zero attached hydrogens (tertiary/aromatic N) is 4. The van der Waals surface area contributed by atoms with Gasteiger partial charge in [-0.05, 0) is 20.0 Å². The third kappa shape index (κ3) is 4.33. The predicted octanol–water partition coefficient (Wildman–Crippen LogP) is 1.43. The van der Waals surface area contributed by atoms with Crippen molar-refractivity contribution in [2.45, 2.75) is 6.42 Å². The summed E-state index contributed by atoms with van der Waals surface area (Å²) in [5.41, 5.74) is 0. The van der Waals surface area contributed by atoms with Crippen LogP contribution in [0.1, 0.15) is 6.42 Å². The average molecular weight is 243 g/mol. The van der Waals surface area contributed by atoms with Crippen molar-refractivity contribution in [1.82, 2.24) is 9.80 Å². The molecular formula is C11H19ClN4. The molecule has 0 bridgehead atoms. The highest BCUT2D eigenvalue weighted by molar-refractivity contribution is 6.34. The first kappa shape index (κ1) is 13.2. The van der Waals surface area contributed by atoms with Gasteiger partial charge in [0.2, 0.25) is 0 Å². The third-order valence-corrected chi connectivity index (χ3v) is 2.61. The number of likely N-dealkylation sites (N-methyl/N-ethyl adjacent to an activating group) is 1. The van der Waals surface area contributed by atoms with Crippen molar-refractivity contribution < 1.29 is 0 Å². The molecule has 0 aliphatic carbocycles.